The number of nitrogens with two attached hydrogens (primary N) is 1. The zero-order valence-electron chi connectivity index (χ0n) is 14.0. The number of carbonyl (C=O) groups excluding carboxylic acids is 1. The molecule has 1 aromatic rings. The quantitative estimate of drug-likeness (QED) is 0.382. The lowest BCUT2D eigenvalue weighted by molar-refractivity contribution is 0.0972. The number of primary amides is 1. The Bertz CT molecular complexity index is 493. The van der Waals surface area contributed by atoms with Gasteiger partial charge in [-0.1, -0.05) is 13.3 Å². The molecule has 23 heavy (non-hydrogen) atoms. The summed E-state index contributed by atoms with van der Waals surface area (Å²) in [5, 5.41) is 15.6. The molecule has 0 radical (unpaired) electrons. The van der Waals surface area contributed by atoms with E-state index >= 15 is 0 Å². The number of guanidine groups is 1. The SMILES string of the molecule is CCCC(CCO)CNC(=NCc1ccc(C(N)=O)o1)NCC. The number of aliphatic hydroxyl groups is 1. The van der Waals surface area contributed by atoms with Crippen LogP contribution in [0.15, 0.2) is 21.5 Å². The van der Waals surface area contributed by atoms with Gasteiger partial charge in [-0.3, -0.25) is 4.79 Å². The van der Waals surface area contributed by atoms with Crippen LogP contribution in [-0.2, 0) is 6.54 Å². The second kappa shape index (κ2) is 10.7. The van der Waals surface area contributed by atoms with Crippen LogP contribution in [0.3, 0.4) is 0 Å². The number of hydrogen-bond acceptors (Lipinski definition) is 4. The average molecular weight is 324 g/mol. The molecule has 7 heteroatoms. The van der Waals surface area contributed by atoms with Crippen molar-refractivity contribution >= 4 is 11.9 Å². The molecule has 0 saturated heterocycles. The summed E-state index contributed by atoms with van der Waals surface area (Å²) in [5.41, 5.74) is 5.16. The molecule has 1 unspecified atom stereocenters. The van der Waals surface area contributed by atoms with E-state index in [9.17, 15) is 4.79 Å². The van der Waals surface area contributed by atoms with Crippen molar-refractivity contribution in [2.45, 2.75) is 39.7 Å². The molecule has 0 aromatic carbocycles. The molecule has 0 bridgehead atoms. The highest BCUT2D eigenvalue weighted by molar-refractivity contribution is 5.89. The van der Waals surface area contributed by atoms with E-state index in [0.29, 0.717) is 24.2 Å². The minimum absolute atomic E-state index is 0.138. The summed E-state index contributed by atoms with van der Waals surface area (Å²) in [6.07, 6.45) is 2.93. The van der Waals surface area contributed by atoms with Gasteiger partial charge in [0, 0.05) is 19.7 Å². The molecule has 1 heterocycles. The molecule has 0 saturated carbocycles. The Morgan fingerprint density at radius 1 is 1.35 bits per heavy atom. The van der Waals surface area contributed by atoms with Crippen molar-refractivity contribution in [3.05, 3.63) is 23.7 Å². The van der Waals surface area contributed by atoms with Gasteiger partial charge in [0.1, 0.15) is 12.3 Å². The first-order valence-corrected chi connectivity index (χ1v) is 8.12. The van der Waals surface area contributed by atoms with E-state index in [-0.39, 0.29) is 12.4 Å². The molecule has 1 rings (SSSR count). The number of rotatable bonds is 10. The van der Waals surface area contributed by atoms with E-state index in [0.717, 1.165) is 32.4 Å². The Kier molecular flexibility index (Phi) is 8.82. The largest absolute Gasteiger partial charge is 0.454 e. The topological polar surface area (TPSA) is 113 Å². The molecule has 0 fully saturated rings. The minimum Gasteiger partial charge on any atom is -0.454 e. The Labute approximate surface area is 137 Å². The van der Waals surface area contributed by atoms with Gasteiger partial charge in [0.25, 0.3) is 5.91 Å². The van der Waals surface area contributed by atoms with E-state index in [2.05, 4.69) is 22.5 Å². The third kappa shape index (κ3) is 7.19. The first kappa shape index (κ1) is 19.0. The summed E-state index contributed by atoms with van der Waals surface area (Å²) >= 11 is 0. The predicted octanol–water partition coefficient (Wildman–Crippen LogP) is 1.23. The molecule has 0 aliphatic rings. The number of aliphatic hydroxyl groups excluding tert-OH is 1. The molecule has 1 atom stereocenters. The van der Waals surface area contributed by atoms with E-state index in [4.69, 9.17) is 15.3 Å². The summed E-state index contributed by atoms with van der Waals surface area (Å²) in [4.78, 5) is 15.4. The fourth-order valence-corrected chi connectivity index (χ4v) is 2.27. The van der Waals surface area contributed by atoms with Crippen molar-refractivity contribution < 1.29 is 14.3 Å². The van der Waals surface area contributed by atoms with E-state index in [1.807, 2.05) is 6.92 Å². The van der Waals surface area contributed by atoms with Crippen LogP contribution >= 0.6 is 0 Å². The number of amides is 1. The monoisotopic (exact) mass is 324 g/mol. The van der Waals surface area contributed by atoms with Crippen molar-refractivity contribution in [1.82, 2.24) is 10.6 Å². The van der Waals surface area contributed by atoms with E-state index in [1.165, 1.54) is 0 Å². The van der Waals surface area contributed by atoms with Gasteiger partial charge in [0.05, 0.1) is 0 Å². The molecule has 5 N–H and O–H groups in total. The summed E-state index contributed by atoms with van der Waals surface area (Å²) in [7, 11) is 0. The minimum atomic E-state index is -0.586. The van der Waals surface area contributed by atoms with Crippen LogP contribution in [0, 0.1) is 5.92 Å². The summed E-state index contributed by atoms with van der Waals surface area (Å²) in [5.74, 6) is 1.23. The highest BCUT2D eigenvalue weighted by Gasteiger charge is 2.09. The van der Waals surface area contributed by atoms with Crippen LogP contribution in [0.25, 0.3) is 0 Å². The Hall–Kier alpha value is -2.02. The van der Waals surface area contributed by atoms with Crippen LogP contribution in [0.2, 0.25) is 0 Å². The van der Waals surface area contributed by atoms with Crippen molar-refractivity contribution in [3.63, 3.8) is 0 Å². The molecular formula is C16H28N4O3. The molecule has 0 aliphatic heterocycles. The second-order valence-corrected chi connectivity index (χ2v) is 5.37. The smallest absolute Gasteiger partial charge is 0.284 e. The van der Waals surface area contributed by atoms with Gasteiger partial charge in [-0.15, -0.1) is 0 Å². The van der Waals surface area contributed by atoms with Crippen LogP contribution in [0.4, 0.5) is 0 Å². The lowest BCUT2D eigenvalue weighted by atomic mass is 10.0. The zero-order valence-corrected chi connectivity index (χ0v) is 14.0. The number of aliphatic imine (C=N–C) groups is 1. The van der Waals surface area contributed by atoms with Crippen molar-refractivity contribution in [2.24, 2.45) is 16.6 Å². The van der Waals surface area contributed by atoms with Gasteiger partial charge in [-0.05, 0) is 37.8 Å². The van der Waals surface area contributed by atoms with E-state index in [1.54, 1.807) is 12.1 Å². The number of nitrogens with one attached hydrogen (secondary N) is 2. The van der Waals surface area contributed by atoms with Gasteiger partial charge in [-0.2, -0.15) is 0 Å². The average Bonchev–Trinajstić information content (AvgIpc) is 2.99. The van der Waals surface area contributed by atoms with Gasteiger partial charge in [0.15, 0.2) is 11.7 Å². The van der Waals surface area contributed by atoms with Crippen LogP contribution in [-0.4, -0.2) is 36.7 Å². The van der Waals surface area contributed by atoms with Crippen molar-refractivity contribution in [1.29, 1.82) is 0 Å². The summed E-state index contributed by atoms with van der Waals surface area (Å²) in [6.45, 7) is 6.15. The van der Waals surface area contributed by atoms with Crippen LogP contribution in [0.5, 0.6) is 0 Å². The fourth-order valence-electron chi connectivity index (χ4n) is 2.27. The van der Waals surface area contributed by atoms with Crippen molar-refractivity contribution in [3.8, 4) is 0 Å². The zero-order chi connectivity index (χ0) is 17.1. The molecule has 1 amide bonds. The Morgan fingerprint density at radius 3 is 2.70 bits per heavy atom. The summed E-state index contributed by atoms with van der Waals surface area (Å²) in [6, 6.07) is 3.24. The predicted molar refractivity (Wildman–Crippen MR) is 90.1 cm³/mol. The maximum atomic E-state index is 11.0. The normalized spacial score (nSPS) is 12.9. The van der Waals surface area contributed by atoms with Crippen molar-refractivity contribution in [2.75, 3.05) is 19.7 Å². The van der Waals surface area contributed by atoms with E-state index < -0.39 is 5.91 Å². The number of carbonyl (C=O) groups is 1. The Morgan fingerprint density at radius 2 is 2.13 bits per heavy atom. The maximum Gasteiger partial charge on any atom is 0.284 e. The molecule has 1 aromatic heterocycles. The lowest BCUT2D eigenvalue weighted by Crippen LogP contribution is -2.40. The third-order valence-corrected chi connectivity index (χ3v) is 3.43. The third-order valence-electron chi connectivity index (χ3n) is 3.43. The first-order valence-electron chi connectivity index (χ1n) is 8.12. The van der Waals surface area contributed by atoms with Crippen LogP contribution < -0.4 is 16.4 Å². The maximum absolute atomic E-state index is 11.0. The van der Waals surface area contributed by atoms with Gasteiger partial charge in [0.2, 0.25) is 0 Å². The number of furan rings is 1. The molecule has 130 valence electrons. The second-order valence-electron chi connectivity index (χ2n) is 5.37. The van der Waals surface area contributed by atoms with Gasteiger partial charge in [-0.25, -0.2) is 4.99 Å². The molecule has 7 nitrogen and oxygen atoms in total. The number of hydrogen-bond donors (Lipinski definition) is 4. The molecule has 0 aliphatic carbocycles. The highest BCUT2D eigenvalue weighted by atomic mass is 16.3. The molecular weight excluding hydrogens is 296 g/mol. The fraction of sp³-hybridized carbons (Fsp3) is 0.625. The number of nitrogens with zero attached hydrogens (tertiary/aromatic N) is 1. The summed E-state index contributed by atoms with van der Waals surface area (Å²) < 4.78 is 5.31. The lowest BCUT2D eigenvalue weighted by Gasteiger charge is -2.18. The first-order chi connectivity index (χ1) is 11.1. The van der Waals surface area contributed by atoms with Gasteiger partial charge < -0.3 is 25.9 Å². The van der Waals surface area contributed by atoms with Crippen LogP contribution in [0.1, 0.15) is 49.4 Å². The molecule has 0 spiro atoms. The van der Waals surface area contributed by atoms with Gasteiger partial charge >= 0.3 is 0 Å². The highest BCUT2D eigenvalue weighted by Crippen LogP contribution is 2.10. The standard InChI is InChI=1S/C16H28N4O3/c1-3-5-12(8-9-21)10-19-16(18-4-2)20-11-13-6-7-14(23-13)15(17)22/h6-7,12,21H,3-5,8-11H2,1-2H3,(H2,17,22)(H2,18,19,20). The Balaban J connectivity index is 2.59.